The Morgan fingerprint density at radius 3 is 2.59 bits per heavy atom. The molecule has 0 aliphatic carbocycles. The molecule has 1 aromatic heterocycles. The molecule has 1 aromatic carbocycles. The number of anilines is 1. The Morgan fingerprint density at radius 1 is 1.31 bits per heavy atom. The zero-order valence-corrected chi connectivity index (χ0v) is 16.7. The number of hydroxylamine groups is 2. The first-order chi connectivity index (χ1) is 13.9. The second-order valence-corrected chi connectivity index (χ2v) is 6.66. The molecule has 0 fully saturated rings. The van der Waals surface area contributed by atoms with E-state index in [4.69, 9.17) is 9.99 Å². The number of nitrogens with one attached hydrogen (secondary N) is 1. The predicted octanol–water partition coefficient (Wildman–Crippen LogP) is 3.35. The lowest BCUT2D eigenvalue weighted by molar-refractivity contribution is -0.244. The zero-order chi connectivity index (χ0) is 21.4. The number of carbonyl (C=O) groups is 1. The number of amides is 1. The highest BCUT2D eigenvalue weighted by atomic mass is 19.1. The summed E-state index contributed by atoms with van der Waals surface area (Å²) in [6, 6.07) is 5.93. The van der Waals surface area contributed by atoms with Crippen molar-refractivity contribution in [1.82, 2.24) is 10.0 Å². The number of carbonyl (C=O) groups excluding carboxylic acids is 1. The Labute approximate surface area is 168 Å². The molecule has 0 bridgehead atoms. The van der Waals surface area contributed by atoms with Crippen molar-refractivity contribution in [2.75, 3.05) is 25.5 Å². The summed E-state index contributed by atoms with van der Waals surface area (Å²) < 4.78 is 19.1. The maximum Gasteiger partial charge on any atom is 0.281 e. The molecule has 0 saturated carbocycles. The second kappa shape index (κ2) is 10.7. The smallest absolute Gasteiger partial charge is 0.281 e. The van der Waals surface area contributed by atoms with Crippen molar-refractivity contribution < 1.29 is 29.3 Å². The van der Waals surface area contributed by atoms with Crippen LogP contribution in [0.1, 0.15) is 41.8 Å². The third-order valence-electron chi connectivity index (χ3n) is 4.09. The van der Waals surface area contributed by atoms with Crippen LogP contribution in [0.5, 0.6) is 5.75 Å². The number of hydrogen-bond donors (Lipinski definition) is 3. The molecule has 2 aromatic rings. The highest BCUT2D eigenvalue weighted by Crippen LogP contribution is 2.31. The Kier molecular flexibility index (Phi) is 8.32. The van der Waals surface area contributed by atoms with E-state index in [-0.39, 0.29) is 49.3 Å². The van der Waals surface area contributed by atoms with Crippen LogP contribution in [0.4, 0.5) is 10.2 Å². The summed E-state index contributed by atoms with van der Waals surface area (Å²) in [6.07, 6.45) is 1.85. The van der Waals surface area contributed by atoms with Gasteiger partial charge in [0.1, 0.15) is 17.4 Å². The van der Waals surface area contributed by atoms with E-state index in [0.29, 0.717) is 16.4 Å². The highest BCUT2D eigenvalue weighted by Gasteiger charge is 2.26. The van der Waals surface area contributed by atoms with Crippen molar-refractivity contribution in [3.63, 3.8) is 0 Å². The van der Waals surface area contributed by atoms with Gasteiger partial charge >= 0.3 is 0 Å². The molecule has 158 valence electrons. The van der Waals surface area contributed by atoms with Crippen LogP contribution in [-0.2, 0) is 11.3 Å². The average molecular weight is 407 g/mol. The van der Waals surface area contributed by atoms with Gasteiger partial charge < -0.3 is 10.1 Å². The van der Waals surface area contributed by atoms with Crippen LogP contribution in [0.25, 0.3) is 0 Å². The summed E-state index contributed by atoms with van der Waals surface area (Å²) in [6.45, 7) is 3.62. The first kappa shape index (κ1) is 22.5. The fraction of sp³-hybridized carbons (Fsp3) is 0.400. The van der Waals surface area contributed by atoms with Gasteiger partial charge in [-0.2, -0.15) is 0 Å². The van der Waals surface area contributed by atoms with Gasteiger partial charge in [-0.1, -0.05) is 12.1 Å². The molecule has 0 aliphatic rings. The Hall–Kier alpha value is -2.75. The van der Waals surface area contributed by atoms with Crippen LogP contribution in [0.3, 0.4) is 0 Å². The maximum absolute atomic E-state index is 13.3. The topological polar surface area (TPSA) is 104 Å². The summed E-state index contributed by atoms with van der Waals surface area (Å²) in [7, 11) is 1.62. The van der Waals surface area contributed by atoms with E-state index < -0.39 is 5.91 Å². The second-order valence-electron chi connectivity index (χ2n) is 6.66. The number of hydrogen-bond acceptors (Lipinski definition) is 7. The van der Waals surface area contributed by atoms with E-state index in [1.807, 2.05) is 13.8 Å². The Bertz CT molecular complexity index is 815. The van der Waals surface area contributed by atoms with E-state index >= 15 is 0 Å². The lowest BCUT2D eigenvalue weighted by Crippen LogP contribution is -2.31. The summed E-state index contributed by atoms with van der Waals surface area (Å²) in [5.41, 5.74) is 1.44. The van der Waals surface area contributed by atoms with Gasteiger partial charge in [0.05, 0.1) is 31.0 Å². The molecule has 0 atom stereocenters. The molecule has 8 nitrogen and oxygen atoms in total. The fourth-order valence-electron chi connectivity index (χ4n) is 2.80. The minimum atomic E-state index is -0.675. The van der Waals surface area contributed by atoms with Gasteiger partial charge in [0, 0.05) is 19.0 Å². The van der Waals surface area contributed by atoms with Crippen LogP contribution in [-0.4, -0.2) is 52.7 Å². The Morgan fingerprint density at radius 2 is 2.00 bits per heavy atom. The standard InChI is InChI=1S/C20H26FN3O5/c1-13(2)29-17-12-23-19(22-3)18(20(25)24(26)9-4-10-28-27)16(17)11-14-5-7-15(21)8-6-14/h5-8,12-13,26-27H,4,9-11H2,1-3H3,(H,22,23). The third kappa shape index (κ3) is 6.11. The van der Waals surface area contributed by atoms with Crippen LogP contribution in [0.15, 0.2) is 30.5 Å². The molecular weight excluding hydrogens is 381 g/mol. The van der Waals surface area contributed by atoms with Crippen LogP contribution >= 0.6 is 0 Å². The first-order valence-electron chi connectivity index (χ1n) is 9.25. The van der Waals surface area contributed by atoms with E-state index in [1.54, 1.807) is 19.2 Å². The number of ether oxygens (including phenoxy) is 1. The zero-order valence-electron chi connectivity index (χ0n) is 16.7. The number of nitrogens with zero attached hydrogens (tertiary/aromatic N) is 2. The summed E-state index contributed by atoms with van der Waals surface area (Å²) in [4.78, 5) is 21.2. The third-order valence-corrected chi connectivity index (χ3v) is 4.09. The SMILES string of the molecule is CNc1ncc(OC(C)C)c(Cc2ccc(F)cc2)c1C(=O)N(O)CCCOO. The lowest BCUT2D eigenvalue weighted by atomic mass is 9.98. The molecule has 3 N–H and O–H groups in total. The van der Waals surface area contributed by atoms with Crippen molar-refractivity contribution in [1.29, 1.82) is 0 Å². The van der Waals surface area contributed by atoms with Crippen molar-refractivity contribution >= 4 is 11.7 Å². The molecule has 29 heavy (non-hydrogen) atoms. The van der Waals surface area contributed by atoms with Crippen LogP contribution in [0.2, 0.25) is 0 Å². The summed E-state index contributed by atoms with van der Waals surface area (Å²) >= 11 is 0. The number of pyridine rings is 1. The Balaban J connectivity index is 2.49. The molecule has 0 unspecified atom stereocenters. The van der Waals surface area contributed by atoms with E-state index in [9.17, 15) is 14.4 Å². The van der Waals surface area contributed by atoms with E-state index in [2.05, 4.69) is 15.2 Å². The monoisotopic (exact) mass is 407 g/mol. The quantitative estimate of drug-likeness (QED) is 0.240. The number of aromatic nitrogens is 1. The van der Waals surface area contributed by atoms with Gasteiger partial charge in [-0.05, 0) is 38.0 Å². The van der Waals surface area contributed by atoms with Gasteiger partial charge in [-0.25, -0.2) is 19.3 Å². The molecule has 0 spiro atoms. The molecule has 1 heterocycles. The molecular formula is C20H26FN3O5. The average Bonchev–Trinajstić information content (AvgIpc) is 2.69. The van der Waals surface area contributed by atoms with Gasteiger partial charge in [0.2, 0.25) is 0 Å². The van der Waals surface area contributed by atoms with Gasteiger partial charge in [-0.3, -0.25) is 15.3 Å². The van der Waals surface area contributed by atoms with Gasteiger partial charge in [0.15, 0.2) is 0 Å². The van der Waals surface area contributed by atoms with Crippen molar-refractivity contribution in [2.45, 2.75) is 32.8 Å². The molecule has 9 heteroatoms. The molecule has 0 radical (unpaired) electrons. The van der Waals surface area contributed by atoms with Crippen molar-refractivity contribution in [3.8, 4) is 5.75 Å². The van der Waals surface area contributed by atoms with Crippen molar-refractivity contribution in [2.24, 2.45) is 0 Å². The largest absolute Gasteiger partial charge is 0.489 e. The summed E-state index contributed by atoms with van der Waals surface area (Å²) in [5, 5.41) is 22.0. The normalized spacial score (nSPS) is 10.9. The number of benzene rings is 1. The van der Waals surface area contributed by atoms with E-state index in [1.165, 1.54) is 18.3 Å². The molecule has 2 rings (SSSR count). The summed E-state index contributed by atoms with van der Waals surface area (Å²) in [5.74, 6) is -0.354. The van der Waals surface area contributed by atoms with Crippen LogP contribution in [0, 0.1) is 5.82 Å². The minimum absolute atomic E-state index is 0.0274. The molecule has 1 amide bonds. The first-order valence-corrected chi connectivity index (χ1v) is 9.25. The number of rotatable bonds is 10. The van der Waals surface area contributed by atoms with Crippen molar-refractivity contribution in [3.05, 3.63) is 53.0 Å². The fourth-order valence-corrected chi connectivity index (χ4v) is 2.80. The molecule has 0 saturated heterocycles. The highest BCUT2D eigenvalue weighted by molar-refractivity contribution is 6.00. The van der Waals surface area contributed by atoms with E-state index in [0.717, 1.165) is 5.56 Å². The van der Waals surface area contributed by atoms with Crippen LogP contribution < -0.4 is 10.1 Å². The molecule has 0 aliphatic heterocycles. The van der Waals surface area contributed by atoms with Gasteiger partial charge in [0.25, 0.3) is 5.91 Å². The van der Waals surface area contributed by atoms with Gasteiger partial charge in [-0.15, -0.1) is 0 Å². The minimum Gasteiger partial charge on any atom is -0.489 e. The lowest BCUT2D eigenvalue weighted by Gasteiger charge is -2.22. The maximum atomic E-state index is 13.3. The number of halogens is 1. The predicted molar refractivity (Wildman–Crippen MR) is 105 cm³/mol.